The maximum atomic E-state index is 9.84. The van der Waals surface area contributed by atoms with Gasteiger partial charge in [0.25, 0.3) is 0 Å². The number of hydrogen-bond acceptors (Lipinski definition) is 2. The van der Waals surface area contributed by atoms with E-state index in [1.165, 1.54) is 36.8 Å². The molecule has 0 amide bonds. The van der Waals surface area contributed by atoms with Crippen LogP contribution in [0.2, 0.25) is 0 Å². The standard InChI is InChI=1S/C30H38N4/c1-22-23(2)29(18-25-11-7-4-8-12-25)34(20-27-15-16-27)30(32-21-31)33(19-26-13-14-26)28(22)17-24-9-5-3-6-10-24/h3-12,22-23,26-29H,13-20H2,1-2H3. The van der Waals surface area contributed by atoms with Gasteiger partial charge in [-0.05, 0) is 73.3 Å². The second-order valence-corrected chi connectivity index (χ2v) is 10.9. The average Bonchev–Trinajstić information content (AvgIpc) is 3.79. The summed E-state index contributed by atoms with van der Waals surface area (Å²) in [6, 6.07) is 22.5. The molecule has 178 valence electrons. The molecule has 0 radical (unpaired) electrons. The van der Waals surface area contributed by atoms with Crippen LogP contribution in [-0.2, 0) is 12.8 Å². The third-order valence-corrected chi connectivity index (χ3v) is 8.39. The van der Waals surface area contributed by atoms with Crippen LogP contribution >= 0.6 is 0 Å². The Kier molecular flexibility index (Phi) is 6.90. The van der Waals surface area contributed by atoms with E-state index in [1.807, 2.05) is 0 Å². The first-order valence-electron chi connectivity index (χ1n) is 13.2. The van der Waals surface area contributed by atoms with Gasteiger partial charge in [-0.15, -0.1) is 4.99 Å². The van der Waals surface area contributed by atoms with E-state index in [0.717, 1.165) is 43.7 Å². The monoisotopic (exact) mass is 454 g/mol. The fraction of sp³-hybridized carbons (Fsp3) is 0.533. The lowest BCUT2D eigenvalue weighted by Gasteiger charge is -2.39. The Labute approximate surface area is 205 Å². The summed E-state index contributed by atoms with van der Waals surface area (Å²) in [4.78, 5) is 9.71. The first-order valence-corrected chi connectivity index (χ1v) is 13.2. The van der Waals surface area contributed by atoms with Gasteiger partial charge < -0.3 is 9.80 Å². The summed E-state index contributed by atoms with van der Waals surface area (Å²) in [5.41, 5.74) is 2.75. The van der Waals surface area contributed by atoms with Gasteiger partial charge in [0, 0.05) is 25.2 Å². The van der Waals surface area contributed by atoms with Crippen LogP contribution in [-0.4, -0.2) is 40.9 Å². The summed E-state index contributed by atoms with van der Waals surface area (Å²) < 4.78 is 0. The van der Waals surface area contributed by atoms with Gasteiger partial charge in [0.1, 0.15) is 0 Å². The predicted octanol–water partition coefficient (Wildman–Crippen LogP) is 5.76. The number of hydrogen-bond donors (Lipinski definition) is 0. The zero-order valence-corrected chi connectivity index (χ0v) is 20.7. The zero-order chi connectivity index (χ0) is 23.5. The molecule has 3 fully saturated rings. The normalized spacial score (nSPS) is 27.3. The van der Waals surface area contributed by atoms with Crippen LogP contribution in [0.3, 0.4) is 0 Å². The molecule has 4 unspecified atom stereocenters. The maximum absolute atomic E-state index is 9.84. The molecule has 0 aromatic heterocycles. The molecule has 4 nitrogen and oxygen atoms in total. The third kappa shape index (κ3) is 5.30. The molecule has 2 aromatic rings. The molecule has 2 aliphatic carbocycles. The van der Waals surface area contributed by atoms with Gasteiger partial charge in [-0.2, -0.15) is 5.26 Å². The first kappa shape index (κ1) is 23.0. The average molecular weight is 455 g/mol. The highest BCUT2D eigenvalue weighted by molar-refractivity contribution is 5.82. The zero-order valence-electron chi connectivity index (χ0n) is 20.7. The molecular weight excluding hydrogens is 416 g/mol. The molecule has 4 heteroatoms. The summed E-state index contributed by atoms with van der Waals surface area (Å²) in [5, 5.41) is 9.84. The van der Waals surface area contributed by atoms with Crippen LogP contribution in [0.5, 0.6) is 0 Å². The smallest absolute Gasteiger partial charge is 0.213 e. The highest BCUT2D eigenvalue weighted by atomic mass is 15.4. The molecule has 0 N–H and O–H groups in total. The van der Waals surface area contributed by atoms with E-state index in [9.17, 15) is 5.26 Å². The van der Waals surface area contributed by atoms with E-state index >= 15 is 0 Å². The van der Waals surface area contributed by atoms with Crippen molar-refractivity contribution in [3.8, 4) is 6.19 Å². The van der Waals surface area contributed by atoms with Crippen molar-refractivity contribution in [2.24, 2.45) is 28.7 Å². The summed E-state index contributed by atoms with van der Waals surface area (Å²) in [5.74, 6) is 3.39. The molecule has 2 saturated carbocycles. The molecular formula is C30H38N4. The Hall–Kier alpha value is -2.80. The van der Waals surface area contributed by atoms with Gasteiger partial charge in [-0.1, -0.05) is 74.5 Å². The Morgan fingerprint density at radius 1 is 0.735 bits per heavy atom. The highest BCUT2D eigenvalue weighted by Gasteiger charge is 2.45. The van der Waals surface area contributed by atoms with E-state index in [4.69, 9.17) is 0 Å². The van der Waals surface area contributed by atoms with Crippen molar-refractivity contribution in [2.45, 2.75) is 64.5 Å². The number of aliphatic imine (C=N–C) groups is 1. The lowest BCUT2D eigenvalue weighted by molar-refractivity contribution is 0.170. The minimum atomic E-state index is 0.340. The highest BCUT2D eigenvalue weighted by Crippen LogP contribution is 2.40. The molecule has 2 aromatic carbocycles. The fourth-order valence-electron chi connectivity index (χ4n) is 5.80. The van der Waals surface area contributed by atoms with Crippen LogP contribution in [0.1, 0.15) is 50.7 Å². The van der Waals surface area contributed by atoms with Crippen LogP contribution in [0, 0.1) is 35.1 Å². The van der Waals surface area contributed by atoms with Crippen molar-refractivity contribution in [3.63, 3.8) is 0 Å². The van der Waals surface area contributed by atoms with Crippen LogP contribution < -0.4 is 0 Å². The van der Waals surface area contributed by atoms with Gasteiger partial charge in [-0.25, -0.2) is 0 Å². The molecule has 3 aliphatic rings. The van der Waals surface area contributed by atoms with Crippen LogP contribution in [0.15, 0.2) is 65.7 Å². The second kappa shape index (κ2) is 10.2. The summed E-state index contributed by atoms with van der Waals surface area (Å²) in [7, 11) is 0. The van der Waals surface area contributed by atoms with E-state index in [2.05, 4.69) is 95.5 Å². The molecule has 5 rings (SSSR count). The minimum absolute atomic E-state index is 0.340. The number of nitrogens with zero attached hydrogens (tertiary/aromatic N) is 4. The second-order valence-electron chi connectivity index (χ2n) is 10.9. The molecule has 1 heterocycles. The largest absolute Gasteiger partial charge is 0.338 e. The molecule has 34 heavy (non-hydrogen) atoms. The van der Waals surface area contributed by atoms with Gasteiger partial charge in [-0.3, -0.25) is 0 Å². The Morgan fingerprint density at radius 3 is 1.50 bits per heavy atom. The minimum Gasteiger partial charge on any atom is -0.338 e. The van der Waals surface area contributed by atoms with Crippen molar-refractivity contribution in [3.05, 3.63) is 71.8 Å². The molecule has 1 saturated heterocycles. The lowest BCUT2D eigenvalue weighted by atomic mass is 9.79. The number of rotatable bonds is 8. The first-order chi connectivity index (χ1) is 16.6. The lowest BCUT2D eigenvalue weighted by Crippen LogP contribution is -2.52. The number of benzene rings is 2. The van der Waals surface area contributed by atoms with E-state index < -0.39 is 0 Å². The number of nitriles is 1. The third-order valence-electron chi connectivity index (χ3n) is 8.39. The maximum Gasteiger partial charge on any atom is 0.213 e. The number of guanidine groups is 1. The van der Waals surface area contributed by atoms with Gasteiger partial charge in [0.15, 0.2) is 0 Å². The van der Waals surface area contributed by atoms with Crippen molar-refractivity contribution in [2.75, 3.05) is 13.1 Å². The molecule has 4 atom stereocenters. The molecule has 1 aliphatic heterocycles. The van der Waals surface area contributed by atoms with Gasteiger partial charge >= 0.3 is 0 Å². The Balaban J connectivity index is 1.56. The fourth-order valence-corrected chi connectivity index (χ4v) is 5.80. The SMILES string of the molecule is CC1C(C)C(Cc2ccccc2)N(CC2CC2)C(=NC#N)N(CC2CC2)C1Cc1ccccc1. The van der Waals surface area contributed by atoms with Gasteiger partial charge in [0.2, 0.25) is 12.2 Å². The summed E-state index contributed by atoms with van der Waals surface area (Å²) >= 11 is 0. The summed E-state index contributed by atoms with van der Waals surface area (Å²) in [6.45, 7) is 6.93. The molecule has 0 spiro atoms. The van der Waals surface area contributed by atoms with E-state index in [-0.39, 0.29) is 0 Å². The van der Waals surface area contributed by atoms with Crippen LogP contribution in [0.25, 0.3) is 0 Å². The molecule has 0 bridgehead atoms. The van der Waals surface area contributed by atoms with E-state index in [0.29, 0.717) is 23.9 Å². The Bertz CT molecular complexity index is 930. The van der Waals surface area contributed by atoms with E-state index in [1.54, 1.807) is 0 Å². The summed E-state index contributed by atoms with van der Waals surface area (Å²) in [6.07, 6.45) is 9.41. The van der Waals surface area contributed by atoms with Crippen LogP contribution in [0.4, 0.5) is 0 Å². The predicted molar refractivity (Wildman–Crippen MR) is 138 cm³/mol. The Morgan fingerprint density at radius 2 is 1.15 bits per heavy atom. The topological polar surface area (TPSA) is 42.6 Å². The quantitative estimate of drug-likeness (QED) is 0.477. The van der Waals surface area contributed by atoms with Gasteiger partial charge in [0.05, 0.1) is 0 Å². The van der Waals surface area contributed by atoms with Crippen molar-refractivity contribution in [1.29, 1.82) is 5.26 Å². The van der Waals surface area contributed by atoms with Crippen molar-refractivity contribution in [1.82, 2.24) is 9.80 Å². The van der Waals surface area contributed by atoms with Crippen molar-refractivity contribution >= 4 is 5.96 Å². The van der Waals surface area contributed by atoms with Crippen molar-refractivity contribution < 1.29 is 0 Å².